The number of aromatic nitrogens is 2. The Morgan fingerprint density at radius 2 is 1.89 bits per heavy atom. The SMILES string of the molecule is Fc1ccc2cnccc2c1CNC1CC(Oc2cncc(C(F)(F)F)c2)C1. The molecule has 28 heavy (non-hydrogen) atoms. The fourth-order valence-electron chi connectivity index (χ4n) is 3.29. The van der Waals surface area contributed by atoms with E-state index in [4.69, 9.17) is 4.74 Å². The van der Waals surface area contributed by atoms with E-state index in [0.29, 0.717) is 24.9 Å². The standard InChI is InChI=1S/C20H17F4N3O/c21-19-2-1-12-8-25-4-3-17(12)18(19)11-27-14-6-15(7-14)28-16-5-13(9-26-10-16)20(22,23)24/h1-5,8-10,14-15,27H,6-7,11H2. The van der Waals surface area contributed by atoms with Gasteiger partial charge in [0.2, 0.25) is 0 Å². The third-order valence-electron chi connectivity index (χ3n) is 4.88. The van der Waals surface area contributed by atoms with Crippen LogP contribution in [0.5, 0.6) is 5.75 Å². The summed E-state index contributed by atoms with van der Waals surface area (Å²) in [6.45, 7) is 0.357. The minimum atomic E-state index is -4.45. The molecule has 4 nitrogen and oxygen atoms in total. The van der Waals surface area contributed by atoms with E-state index in [0.717, 1.165) is 23.0 Å². The molecular weight excluding hydrogens is 374 g/mol. The van der Waals surface area contributed by atoms with Crippen LogP contribution < -0.4 is 10.1 Å². The van der Waals surface area contributed by atoms with Crippen molar-refractivity contribution in [2.24, 2.45) is 0 Å². The fraction of sp³-hybridized carbons (Fsp3) is 0.300. The summed E-state index contributed by atoms with van der Waals surface area (Å²) in [7, 11) is 0. The van der Waals surface area contributed by atoms with Gasteiger partial charge in [0.1, 0.15) is 17.7 Å². The van der Waals surface area contributed by atoms with Crippen LogP contribution in [0.15, 0.2) is 49.1 Å². The molecule has 0 radical (unpaired) electrons. The maximum Gasteiger partial charge on any atom is 0.418 e. The Labute approximate surface area is 158 Å². The number of hydrogen-bond acceptors (Lipinski definition) is 4. The van der Waals surface area contributed by atoms with Crippen molar-refractivity contribution in [3.8, 4) is 5.75 Å². The lowest BCUT2D eigenvalue weighted by Gasteiger charge is -2.36. The molecule has 0 spiro atoms. The number of ether oxygens (including phenoxy) is 1. The van der Waals surface area contributed by atoms with E-state index in [1.807, 2.05) is 0 Å². The summed E-state index contributed by atoms with van der Waals surface area (Å²) < 4.78 is 58.0. The summed E-state index contributed by atoms with van der Waals surface area (Å²) in [5.41, 5.74) is -0.258. The van der Waals surface area contributed by atoms with Gasteiger partial charge in [0, 0.05) is 42.1 Å². The molecular formula is C20H17F4N3O. The predicted molar refractivity (Wildman–Crippen MR) is 95.2 cm³/mol. The summed E-state index contributed by atoms with van der Waals surface area (Å²) in [5, 5.41) is 4.96. The smallest absolute Gasteiger partial charge is 0.418 e. The van der Waals surface area contributed by atoms with Gasteiger partial charge in [-0.2, -0.15) is 13.2 Å². The highest BCUT2D eigenvalue weighted by Gasteiger charge is 2.33. The second-order valence-electron chi connectivity index (χ2n) is 6.82. The van der Waals surface area contributed by atoms with Gasteiger partial charge in [0.25, 0.3) is 0 Å². The number of benzene rings is 1. The number of nitrogens with zero attached hydrogens (tertiary/aromatic N) is 2. The highest BCUT2D eigenvalue weighted by Crippen LogP contribution is 2.32. The van der Waals surface area contributed by atoms with Gasteiger partial charge in [-0.1, -0.05) is 0 Å². The molecule has 2 heterocycles. The van der Waals surface area contributed by atoms with Crippen LogP contribution in [0, 0.1) is 5.82 Å². The molecule has 8 heteroatoms. The number of fused-ring (bicyclic) bond motifs is 1. The molecule has 1 saturated carbocycles. The van der Waals surface area contributed by atoms with Crippen molar-refractivity contribution < 1.29 is 22.3 Å². The van der Waals surface area contributed by atoms with Gasteiger partial charge in [-0.15, -0.1) is 0 Å². The number of hydrogen-bond donors (Lipinski definition) is 1. The molecule has 1 fully saturated rings. The average Bonchev–Trinajstić information content (AvgIpc) is 2.64. The van der Waals surface area contributed by atoms with Gasteiger partial charge in [0.15, 0.2) is 0 Å². The van der Waals surface area contributed by atoms with E-state index in [1.165, 1.54) is 12.3 Å². The predicted octanol–water partition coefficient (Wildman–Crippen LogP) is 4.49. The third-order valence-corrected chi connectivity index (χ3v) is 4.88. The van der Waals surface area contributed by atoms with Crippen LogP contribution in [-0.4, -0.2) is 22.1 Å². The van der Waals surface area contributed by atoms with E-state index < -0.39 is 11.7 Å². The zero-order valence-corrected chi connectivity index (χ0v) is 14.7. The van der Waals surface area contributed by atoms with E-state index in [1.54, 1.807) is 24.5 Å². The zero-order chi connectivity index (χ0) is 19.7. The number of pyridine rings is 2. The minimum Gasteiger partial charge on any atom is -0.489 e. The second-order valence-corrected chi connectivity index (χ2v) is 6.82. The van der Waals surface area contributed by atoms with Crippen molar-refractivity contribution in [2.75, 3.05) is 0 Å². The van der Waals surface area contributed by atoms with Gasteiger partial charge >= 0.3 is 6.18 Å². The summed E-state index contributed by atoms with van der Waals surface area (Å²) in [6.07, 6.45) is 1.98. The van der Waals surface area contributed by atoms with Crippen LogP contribution in [0.1, 0.15) is 24.0 Å². The number of rotatable bonds is 5. The first kappa shape index (κ1) is 18.6. The van der Waals surface area contributed by atoms with E-state index in [-0.39, 0.29) is 23.7 Å². The molecule has 0 unspecified atom stereocenters. The van der Waals surface area contributed by atoms with Crippen LogP contribution >= 0.6 is 0 Å². The molecule has 1 aliphatic carbocycles. The van der Waals surface area contributed by atoms with E-state index >= 15 is 0 Å². The highest BCUT2D eigenvalue weighted by atomic mass is 19.4. The molecule has 0 aliphatic heterocycles. The number of halogens is 4. The maximum atomic E-state index is 14.2. The van der Waals surface area contributed by atoms with Crippen molar-refractivity contribution in [1.29, 1.82) is 0 Å². The summed E-state index contributed by atoms with van der Waals surface area (Å²) in [4.78, 5) is 7.63. The van der Waals surface area contributed by atoms with E-state index in [2.05, 4.69) is 15.3 Å². The molecule has 3 aromatic rings. The average molecular weight is 391 g/mol. The van der Waals surface area contributed by atoms with Crippen molar-refractivity contribution in [2.45, 2.75) is 37.7 Å². The number of alkyl halides is 3. The Bertz CT molecular complexity index is 987. The lowest BCUT2D eigenvalue weighted by Crippen LogP contribution is -2.46. The van der Waals surface area contributed by atoms with Crippen LogP contribution in [0.2, 0.25) is 0 Å². The van der Waals surface area contributed by atoms with Crippen molar-refractivity contribution in [1.82, 2.24) is 15.3 Å². The van der Waals surface area contributed by atoms with Gasteiger partial charge in [-0.05, 0) is 42.5 Å². The molecule has 1 aromatic carbocycles. The maximum absolute atomic E-state index is 14.2. The number of nitrogens with one attached hydrogen (secondary N) is 1. The molecule has 4 rings (SSSR count). The van der Waals surface area contributed by atoms with Gasteiger partial charge < -0.3 is 10.1 Å². The topological polar surface area (TPSA) is 47.0 Å². The summed E-state index contributed by atoms with van der Waals surface area (Å²) in [6, 6.07) is 5.96. The zero-order valence-electron chi connectivity index (χ0n) is 14.7. The molecule has 146 valence electrons. The first-order valence-electron chi connectivity index (χ1n) is 8.83. The molecule has 0 saturated heterocycles. The Kier molecular flexibility index (Phi) is 4.89. The summed E-state index contributed by atoms with van der Waals surface area (Å²) in [5.74, 6) is -0.181. The Hall–Kier alpha value is -2.74. The van der Waals surface area contributed by atoms with Crippen LogP contribution in [0.4, 0.5) is 17.6 Å². The first-order valence-corrected chi connectivity index (χ1v) is 8.83. The minimum absolute atomic E-state index is 0.103. The quantitative estimate of drug-likeness (QED) is 0.651. The fourth-order valence-corrected chi connectivity index (χ4v) is 3.29. The largest absolute Gasteiger partial charge is 0.489 e. The molecule has 0 amide bonds. The normalized spacial score (nSPS) is 19.4. The molecule has 2 aromatic heterocycles. The molecule has 1 N–H and O–H groups in total. The van der Waals surface area contributed by atoms with Crippen molar-refractivity contribution in [3.05, 3.63) is 66.0 Å². The van der Waals surface area contributed by atoms with Crippen molar-refractivity contribution in [3.63, 3.8) is 0 Å². The van der Waals surface area contributed by atoms with Crippen LogP contribution in [-0.2, 0) is 12.7 Å². The lowest BCUT2D eigenvalue weighted by molar-refractivity contribution is -0.138. The Balaban J connectivity index is 1.33. The molecule has 1 aliphatic rings. The Morgan fingerprint density at radius 3 is 2.68 bits per heavy atom. The third kappa shape index (κ3) is 3.91. The second kappa shape index (κ2) is 7.35. The van der Waals surface area contributed by atoms with Gasteiger partial charge in [-0.25, -0.2) is 4.39 Å². The van der Waals surface area contributed by atoms with Crippen LogP contribution in [0.3, 0.4) is 0 Å². The highest BCUT2D eigenvalue weighted by molar-refractivity contribution is 5.84. The van der Waals surface area contributed by atoms with Crippen LogP contribution in [0.25, 0.3) is 10.8 Å². The molecule has 0 bridgehead atoms. The summed E-state index contributed by atoms with van der Waals surface area (Å²) >= 11 is 0. The van der Waals surface area contributed by atoms with Crippen molar-refractivity contribution >= 4 is 10.8 Å². The van der Waals surface area contributed by atoms with Gasteiger partial charge in [-0.3, -0.25) is 9.97 Å². The first-order chi connectivity index (χ1) is 13.4. The molecule has 0 atom stereocenters. The Morgan fingerprint density at radius 1 is 1.07 bits per heavy atom. The lowest BCUT2D eigenvalue weighted by atomic mass is 9.89. The monoisotopic (exact) mass is 391 g/mol. The van der Waals surface area contributed by atoms with E-state index in [9.17, 15) is 17.6 Å². The van der Waals surface area contributed by atoms with Gasteiger partial charge in [0.05, 0.1) is 11.8 Å².